The summed E-state index contributed by atoms with van der Waals surface area (Å²) in [5.74, 6) is 1.47. The SMILES string of the molecule is CCc1ccc(OCC(=O)NC2CC(CC)(CC)Oc3ccccc32)cc1. The number of carbonyl (C=O) groups is 1. The van der Waals surface area contributed by atoms with Gasteiger partial charge in [0.15, 0.2) is 6.61 Å². The van der Waals surface area contributed by atoms with Gasteiger partial charge in [0.1, 0.15) is 17.1 Å². The van der Waals surface area contributed by atoms with Crippen molar-refractivity contribution in [2.75, 3.05) is 6.61 Å². The average Bonchev–Trinajstić information content (AvgIpc) is 2.72. The Labute approximate surface area is 161 Å². The third-order valence-electron chi connectivity index (χ3n) is 5.52. The summed E-state index contributed by atoms with van der Waals surface area (Å²) in [7, 11) is 0. The van der Waals surface area contributed by atoms with Crippen molar-refractivity contribution in [1.29, 1.82) is 0 Å². The van der Waals surface area contributed by atoms with Crippen LogP contribution in [0.25, 0.3) is 0 Å². The van der Waals surface area contributed by atoms with E-state index in [1.54, 1.807) is 0 Å². The van der Waals surface area contributed by atoms with Crippen LogP contribution in [0.2, 0.25) is 0 Å². The van der Waals surface area contributed by atoms with Crippen molar-refractivity contribution in [2.45, 2.75) is 58.1 Å². The molecule has 1 aliphatic rings. The highest BCUT2D eigenvalue weighted by molar-refractivity contribution is 5.78. The highest BCUT2D eigenvalue weighted by Crippen LogP contribution is 2.42. The summed E-state index contributed by atoms with van der Waals surface area (Å²) in [6.07, 6.45) is 3.57. The minimum atomic E-state index is -0.233. The van der Waals surface area contributed by atoms with E-state index < -0.39 is 0 Å². The molecule has 0 saturated carbocycles. The van der Waals surface area contributed by atoms with E-state index in [0.717, 1.165) is 37.0 Å². The Bertz CT molecular complexity index is 765. The fourth-order valence-corrected chi connectivity index (χ4v) is 3.64. The Morgan fingerprint density at radius 3 is 2.48 bits per heavy atom. The van der Waals surface area contributed by atoms with Gasteiger partial charge >= 0.3 is 0 Å². The van der Waals surface area contributed by atoms with E-state index in [-0.39, 0.29) is 24.2 Å². The van der Waals surface area contributed by atoms with E-state index in [1.165, 1.54) is 5.56 Å². The molecular weight excluding hydrogens is 338 g/mol. The van der Waals surface area contributed by atoms with Crippen LogP contribution in [-0.2, 0) is 11.2 Å². The molecule has 1 amide bonds. The van der Waals surface area contributed by atoms with Crippen LogP contribution in [0.4, 0.5) is 0 Å². The summed E-state index contributed by atoms with van der Waals surface area (Å²) >= 11 is 0. The lowest BCUT2D eigenvalue weighted by Gasteiger charge is -2.41. The van der Waals surface area contributed by atoms with E-state index in [2.05, 4.69) is 26.1 Å². The maximum absolute atomic E-state index is 12.5. The van der Waals surface area contributed by atoms with E-state index in [4.69, 9.17) is 9.47 Å². The fraction of sp³-hybridized carbons (Fsp3) is 0.435. The number of ether oxygens (including phenoxy) is 2. The minimum Gasteiger partial charge on any atom is -0.487 e. The Hall–Kier alpha value is -2.49. The van der Waals surface area contributed by atoms with E-state index in [9.17, 15) is 4.79 Å². The van der Waals surface area contributed by atoms with Crippen molar-refractivity contribution in [2.24, 2.45) is 0 Å². The number of para-hydroxylation sites is 1. The highest BCUT2D eigenvalue weighted by atomic mass is 16.5. The third kappa shape index (κ3) is 4.44. The van der Waals surface area contributed by atoms with Gasteiger partial charge < -0.3 is 14.8 Å². The number of carbonyl (C=O) groups excluding carboxylic acids is 1. The van der Waals surface area contributed by atoms with E-state index >= 15 is 0 Å². The molecule has 0 aliphatic carbocycles. The summed E-state index contributed by atoms with van der Waals surface area (Å²) in [4.78, 5) is 12.5. The fourth-order valence-electron chi connectivity index (χ4n) is 3.64. The van der Waals surface area contributed by atoms with Crippen molar-refractivity contribution >= 4 is 5.91 Å². The zero-order valence-electron chi connectivity index (χ0n) is 16.5. The standard InChI is InChI=1S/C23H29NO3/c1-4-17-11-13-18(14-12-17)26-16-22(25)24-20-15-23(5-2,6-3)27-21-10-8-7-9-19(20)21/h7-14,20H,4-6,15-16H2,1-3H3,(H,24,25). The second kappa shape index (κ2) is 8.47. The molecule has 1 heterocycles. The summed E-state index contributed by atoms with van der Waals surface area (Å²) in [5, 5.41) is 3.15. The Morgan fingerprint density at radius 1 is 1.11 bits per heavy atom. The molecule has 2 aromatic rings. The molecule has 0 radical (unpaired) electrons. The first-order chi connectivity index (χ1) is 13.1. The van der Waals surface area contributed by atoms with Crippen LogP contribution in [0.5, 0.6) is 11.5 Å². The van der Waals surface area contributed by atoms with Crippen LogP contribution in [0.3, 0.4) is 0 Å². The number of hydrogen-bond donors (Lipinski definition) is 1. The van der Waals surface area contributed by atoms with Gasteiger partial charge in [-0.25, -0.2) is 0 Å². The van der Waals surface area contributed by atoms with Crippen LogP contribution in [0.15, 0.2) is 48.5 Å². The zero-order chi connectivity index (χ0) is 19.3. The number of benzene rings is 2. The molecule has 1 N–H and O–H groups in total. The first-order valence-electron chi connectivity index (χ1n) is 9.88. The second-order valence-electron chi connectivity index (χ2n) is 7.14. The normalized spacial score (nSPS) is 17.5. The molecule has 0 saturated heterocycles. The number of rotatable bonds is 7. The summed E-state index contributed by atoms with van der Waals surface area (Å²) < 4.78 is 12.0. The quantitative estimate of drug-likeness (QED) is 0.763. The lowest BCUT2D eigenvalue weighted by Crippen LogP contribution is -2.45. The van der Waals surface area contributed by atoms with Crippen LogP contribution in [-0.4, -0.2) is 18.1 Å². The van der Waals surface area contributed by atoms with Crippen molar-refractivity contribution in [3.8, 4) is 11.5 Å². The summed E-state index contributed by atoms with van der Waals surface area (Å²) in [6, 6.07) is 15.8. The Morgan fingerprint density at radius 2 is 1.81 bits per heavy atom. The molecule has 27 heavy (non-hydrogen) atoms. The molecule has 4 nitrogen and oxygen atoms in total. The summed E-state index contributed by atoms with van der Waals surface area (Å²) in [5.41, 5.74) is 2.06. The van der Waals surface area contributed by atoms with Crippen LogP contribution in [0, 0.1) is 0 Å². The predicted octanol–water partition coefficient (Wildman–Crippen LogP) is 4.83. The number of fused-ring (bicyclic) bond motifs is 1. The van der Waals surface area contributed by atoms with Gasteiger partial charge in [0.05, 0.1) is 6.04 Å². The van der Waals surface area contributed by atoms with Gasteiger partial charge in [-0.05, 0) is 43.0 Å². The number of amides is 1. The van der Waals surface area contributed by atoms with Crippen molar-refractivity contribution in [3.63, 3.8) is 0 Å². The van der Waals surface area contributed by atoms with Gasteiger partial charge in [-0.15, -0.1) is 0 Å². The lowest BCUT2D eigenvalue weighted by molar-refractivity contribution is -0.124. The van der Waals surface area contributed by atoms with Crippen LogP contribution >= 0.6 is 0 Å². The maximum atomic E-state index is 12.5. The molecule has 4 heteroatoms. The average molecular weight is 367 g/mol. The van der Waals surface area contributed by atoms with Gasteiger partial charge in [-0.2, -0.15) is 0 Å². The molecule has 2 aromatic carbocycles. The third-order valence-corrected chi connectivity index (χ3v) is 5.52. The highest BCUT2D eigenvalue weighted by Gasteiger charge is 2.38. The van der Waals surface area contributed by atoms with Gasteiger partial charge in [0.25, 0.3) is 5.91 Å². The zero-order valence-corrected chi connectivity index (χ0v) is 16.5. The molecular formula is C23H29NO3. The molecule has 0 spiro atoms. The van der Waals surface area contributed by atoms with Crippen molar-refractivity contribution in [1.82, 2.24) is 5.32 Å². The topological polar surface area (TPSA) is 47.6 Å². The monoisotopic (exact) mass is 367 g/mol. The Kier molecular flexibility index (Phi) is 6.04. The molecule has 0 aromatic heterocycles. The first kappa shape index (κ1) is 19.3. The van der Waals surface area contributed by atoms with Gasteiger partial charge in [-0.3, -0.25) is 4.79 Å². The predicted molar refractivity (Wildman–Crippen MR) is 107 cm³/mol. The molecule has 3 rings (SSSR count). The summed E-state index contributed by atoms with van der Waals surface area (Å²) in [6.45, 7) is 6.40. The Balaban J connectivity index is 1.66. The van der Waals surface area contributed by atoms with Gasteiger partial charge in [0.2, 0.25) is 0 Å². The lowest BCUT2D eigenvalue weighted by atomic mass is 9.83. The smallest absolute Gasteiger partial charge is 0.258 e. The first-order valence-corrected chi connectivity index (χ1v) is 9.88. The molecule has 144 valence electrons. The maximum Gasteiger partial charge on any atom is 0.258 e. The van der Waals surface area contributed by atoms with Crippen molar-refractivity contribution < 1.29 is 14.3 Å². The number of nitrogens with one attached hydrogen (secondary N) is 1. The molecule has 0 bridgehead atoms. The van der Waals surface area contributed by atoms with E-state index in [0.29, 0.717) is 5.75 Å². The molecule has 0 fully saturated rings. The number of hydrogen-bond acceptors (Lipinski definition) is 3. The van der Waals surface area contributed by atoms with Crippen LogP contribution in [0.1, 0.15) is 57.2 Å². The largest absolute Gasteiger partial charge is 0.487 e. The molecule has 1 aliphatic heterocycles. The van der Waals surface area contributed by atoms with E-state index in [1.807, 2.05) is 48.5 Å². The van der Waals surface area contributed by atoms with Gasteiger partial charge in [-0.1, -0.05) is 51.1 Å². The minimum absolute atomic E-state index is 0.0102. The van der Waals surface area contributed by atoms with Crippen LogP contribution < -0.4 is 14.8 Å². The second-order valence-corrected chi connectivity index (χ2v) is 7.14. The van der Waals surface area contributed by atoms with Gasteiger partial charge in [0, 0.05) is 12.0 Å². The molecule has 1 unspecified atom stereocenters. The number of aryl methyl sites for hydroxylation is 1. The van der Waals surface area contributed by atoms with Crippen molar-refractivity contribution in [3.05, 3.63) is 59.7 Å². The molecule has 1 atom stereocenters.